The van der Waals surface area contributed by atoms with Crippen LogP contribution in [-0.2, 0) is 80.6 Å². The molecule has 2 amide bonds. The van der Waals surface area contributed by atoms with Gasteiger partial charge in [0, 0.05) is 13.8 Å². The van der Waals surface area contributed by atoms with Crippen LogP contribution in [0.4, 0.5) is 0 Å². The molecule has 0 bridgehead atoms. The van der Waals surface area contributed by atoms with Gasteiger partial charge in [0.25, 0.3) is 0 Å². The highest BCUT2D eigenvalue weighted by atomic mass is 16.8. The first-order valence-corrected chi connectivity index (χ1v) is 30.1. The maximum absolute atomic E-state index is 12.6. The zero-order valence-electron chi connectivity index (χ0n) is 50.4. The van der Waals surface area contributed by atoms with E-state index in [4.69, 9.17) is 71.1 Å². The number of nitrogens with one attached hydrogen (secondary N) is 2. The highest BCUT2D eigenvalue weighted by Crippen LogP contribution is 2.38. The molecule has 43 nitrogen and oxygen atoms in total. The van der Waals surface area contributed by atoms with E-state index in [9.17, 15) is 132 Å². The van der Waals surface area contributed by atoms with Crippen LogP contribution in [0.2, 0.25) is 0 Å². The second-order valence-electron chi connectivity index (χ2n) is 23.9. The molecular weight excluding hydrogens is 1310 g/mol. The second kappa shape index (κ2) is 33.9. The van der Waals surface area contributed by atoms with E-state index in [-0.39, 0.29) is 0 Å². The Kier molecular flexibility index (Phi) is 27.9. The number of aliphatic hydroxyl groups excluding tert-OH is 24. The maximum Gasteiger partial charge on any atom is 0.217 e. The highest BCUT2D eigenvalue weighted by Gasteiger charge is 2.59. The molecule has 40 atom stereocenters. The van der Waals surface area contributed by atoms with Gasteiger partial charge < -0.3 is 204 Å². The van der Waals surface area contributed by atoms with Gasteiger partial charge in [0.15, 0.2) is 50.3 Å². The van der Waals surface area contributed by atoms with E-state index in [1.165, 1.54) is 0 Å². The molecule has 0 radical (unpaired) electrons. The molecule has 95 heavy (non-hydrogen) atoms. The van der Waals surface area contributed by atoms with Crippen molar-refractivity contribution in [2.24, 2.45) is 0 Å². The molecule has 0 aromatic carbocycles. The summed E-state index contributed by atoms with van der Waals surface area (Å²) >= 11 is 0. The average molecular weight is 1400 g/mol. The van der Waals surface area contributed by atoms with Crippen LogP contribution < -0.4 is 10.6 Å². The summed E-state index contributed by atoms with van der Waals surface area (Å²) in [5, 5.41) is 265. The van der Waals surface area contributed by atoms with Crippen molar-refractivity contribution >= 4 is 11.8 Å². The number of rotatable bonds is 24. The lowest BCUT2D eigenvalue weighted by atomic mass is 9.94. The predicted molar refractivity (Wildman–Crippen MR) is 288 cm³/mol. The SMILES string of the molecule is CC(=O)N[C@@H]1[C@@H](O)[C@H](O[C@@H]2O[C@H](CO)[C@@H](O[C@H]3O[C@H](CO[C@H]4O[C@H](CO[C@H]5O[C@H](CO)[C@@H](O)[C@H](O)[C@@H]5O[C@H]5O[C@H](CO)[C@@H](O)[C@H](O)[C@@H]5O)[C@@H](O)[C@H](O[C@H]5O[C@H](CO)[C@@H](O)[C@H](O)[C@@H]5O[C@H]5O[C@H](CO)[C@@H](O)[C@H](O)[C@@H]5O)[C@@H]4O)[C@@H](O)[C@H](O)[C@@H]3O)[C@H](O)[C@H]2NC(C)=O)[C@@H](CO)O[C@@H]1O. The minimum absolute atomic E-state index is 0.738. The summed E-state index contributed by atoms with van der Waals surface area (Å²) in [5.74, 6) is -1.60. The minimum Gasteiger partial charge on any atom is -0.394 e. The Balaban J connectivity index is 1.05. The van der Waals surface area contributed by atoms with Crippen LogP contribution >= 0.6 is 0 Å². The predicted octanol–water partition coefficient (Wildman–Crippen LogP) is -18.2. The summed E-state index contributed by atoms with van der Waals surface area (Å²) in [6.07, 6.45) is -76.9. The quantitative estimate of drug-likeness (QED) is 0.0427. The van der Waals surface area contributed by atoms with E-state index in [0.29, 0.717) is 0 Å². The van der Waals surface area contributed by atoms with Crippen molar-refractivity contribution in [2.45, 2.75) is 259 Å². The first kappa shape index (κ1) is 78.1. The van der Waals surface area contributed by atoms with Crippen LogP contribution in [0.5, 0.6) is 0 Å². The summed E-state index contributed by atoms with van der Waals surface area (Å²) in [7, 11) is 0. The Morgan fingerprint density at radius 1 is 0.274 bits per heavy atom. The summed E-state index contributed by atoms with van der Waals surface area (Å²) in [6.45, 7) is -6.14. The summed E-state index contributed by atoms with van der Waals surface area (Å²) in [4.78, 5) is 24.5. The third kappa shape index (κ3) is 17.0. The molecule has 0 spiro atoms. The van der Waals surface area contributed by atoms with E-state index in [0.717, 1.165) is 13.8 Å². The van der Waals surface area contributed by atoms with Gasteiger partial charge in [0.2, 0.25) is 11.8 Å². The number of ether oxygens (including phenoxy) is 15. The van der Waals surface area contributed by atoms with Crippen molar-refractivity contribution in [1.82, 2.24) is 10.6 Å². The van der Waals surface area contributed by atoms with Gasteiger partial charge in [0.1, 0.15) is 195 Å². The smallest absolute Gasteiger partial charge is 0.217 e. The van der Waals surface area contributed by atoms with Crippen LogP contribution in [0.1, 0.15) is 13.8 Å². The fraction of sp³-hybridized carbons (Fsp3) is 0.962. The Labute approximate surface area is 536 Å². The van der Waals surface area contributed by atoms with Crippen molar-refractivity contribution in [2.75, 3.05) is 52.9 Å². The summed E-state index contributed by atoms with van der Waals surface area (Å²) in [5.41, 5.74) is 0. The van der Waals surface area contributed by atoms with E-state index >= 15 is 0 Å². The highest BCUT2D eigenvalue weighted by molar-refractivity contribution is 5.73. The fourth-order valence-corrected chi connectivity index (χ4v) is 12.0. The van der Waals surface area contributed by atoms with Gasteiger partial charge in [-0.2, -0.15) is 0 Å². The molecule has 8 heterocycles. The third-order valence-corrected chi connectivity index (χ3v) is 17.4. The summed E-state index contributed by atoms with van der Waals surface area (Å²) in [6, 6.07) is -3.34. The van der Waals surface area contributed by atoms with Crippen molar-refractivity contribution < 1.29 is 203 Å². The zero-order valence-corrected chi connectivity index (χ0v) is 50.4. The molecule has 0 aromatic heterocycles. The van der Waals surface area contributed by atoms with Crippen molar-refractivity contribution in [1.29, 1.82) is 0 Å². The normalized spacial score (nSPS) is 50.8. The number of amides is 2. The van der Waals surface area contributed by atoms with Crippen LogP contribution in [0.3, 0.4) is 0 Å². The van der Waals surface area contributed by atoms with Crippen molar-refractivity contribution in [3.05, 3.63) is 0 Å². The molecule has 8 aliphatic rings. The van der Waals surface area contributed by atoms with Gasteiger partial charge >= 0.3 is 0 Å². The number of aliphatic hydroxyl groups is 24. The number of hydrogen-bond donors (Lipinski definition) is 26. The lowest BCUT2D eigenvalue weighted by Gasteiger charge is -2.49. The molecule has 0 aliphatic carbocycles. The molecule has 0 saturated carbocycles. The molecule has 0 aromatic rings. The van der Waals surface area contributed by atoms with Gasteiger partial charge in [0.05, 0.1) is 52.9 Å². The Bertz CT molecular complexity index is 2380. The topological polar surface area (TPSA) is 682 Å². The average Bonchev–Trinajstić information content (AvgIpc) is 0.785. The molecule has 8 aliphatic heterocycles. The standard InChI is InChI=1S/C52H88N2O41/c1-11(61)53-21-29(69)40(17(7-59)83-45(21)80)91-46-22(54-12(2)62)30(70)41(18(8-60)88-46)92-50-38(78)33(73)27(67)19(90-50)9-81-47-39(79)42(93-52-44(35(75)26(66)16(6-58)87-52)95-49-37(77)32(72)24(64)14(4-56)85-49)28(68)20(89-47)10-82-51-43(34(74)25(65)15(5-57)86-51)94-48-36(76)31(71)23(63)13(3-55)84-48/h13-52,55-60,63-80H,3-10H2,1-2H3,(H,53,61)(H,54,62)/t13-,14-,15-,16-,17-,18-,19-,20-,21-,22-,23-,24-,25-,26-,27-,28-,29-,30-,31+,32+,33+,34+,35+,36+,37+,38+,39+,40-,41-,42+,43+,44+,45+,46+,47+,48-,49-,50-,51+,52-/m1/s1. The number of carbonyl (C=O) groups is 2. The van der Waals surface area contributed by atoms with Gasteiger partial charge in [-0.05, 0) is 0 Å². The summed E-state index contributed by atoms with van der Waals surface area (Å²) < 4.78 is 86.4. The molecule has 0 unspecified atom stereocenters. The van der Waals surface area contributed by atoms with Crippen LogP contribution in [0.15, 0.2) is 0 Å². The molecular formula is C52H88N2O41. The van der Waals surface area contributed by atoms with E-state index < -0.39 is 310 Å². The molecule has 26 N–H and O–H groups in total. The first-order chi connectivity index (χ1) is 44.9. The first-order valence-electron chi connectivity index (χ1n) is 30.1. The fourth-order valence-electron chi connectivity index (χ4n) is 12.0. The van der Waals surface area contributed by atoms with Crippen molar-refractivity contribution in [3.8, 4) is 0 Å². The van der Waals surface area contributed by atoms with Crippen molar-refractivity contribution in [3.63, 3.8) is 0 Å². The minimum atomic E-state index is -2.39. The molecule has 552 valence electrons. The zero-order chi connectivity index (χ0) is 69.9. The monoisotopic (exact) mass is 1400 g/mol. The lowest BCUT2D eigenvalue weighted by Crippen LogP contribution is -2.70. The molecule has 8 saturated heterocycles. The van der Waals surface area contributed by atoms with E-state index in [1.807, 2.05) is 0 Å². The van der Waals surface area contributed by atoms with E-state index in [2.05, 4.69) is 10.6 Å². The van der Waals surface area contributed by atoms with Crippen LogP contribution in [0, 0.1) is 0 Å². The van der Waals surface area contributed by atoms with Crippen LogP contribution in [-0.4, -0.2) is 433 Å². The second-order valence-corrected chi connectivity index (χ2v) is 23.9. The Morgan fingerprint density at radius 3 is 1.03 bits per heavy atom. The lowest BCUT2D eigenvalue weighted by molar-refractivity contribution is -0.395. The van der Waals surface area contributed by atoms with Gasteiger partial charge in [-0.3, -0.25) is 9.59 Å². The van der Waals surface area contributed by atoms with Crippen LogP contribution in [0.25, 0.3) is 0 Å². The molecule has 8 rings (SSSR count). The van der Waals surface area contributed by atoms with Gasteiger partial charge in [-0.1, -0.05) is 0 Å². The molecule has 43 heteroatoms. The molecule has 8 fully saturated rings. The Hall–Kier alpha value is -2.62. The Morgan fingerprint density at radius 2 is 0.579 bits per heavy atom. The number of carbonyl (C=O) groups excluding carboxylic acids is 2. The third-order valence-electron chi connectivity index (χ3n) is 17.4. The maximum atomic E-state index is 12.6. The van der Waals surface area contributed by atoms with Gasteiger partial charge in [-0.25, -0.2) is 0 Å². The van der Waals surface area contributed by atoms with E-state index in [1.54, 1.807) is 0 Å². The largest absolute Gasteiger partial charge is 0.394 e. The number of hydrogen-bond acceptors (Lipinski definition) is 41. The van der Waals surface area contributed by atoms with Gasteiger partial charge in [-0.15, -0.1) is 0 Å².